The Hall–Kier alpha value is -0.850. The number of hydrogen-bond donors (Lipinski definition) is 1. The van der Waals surface area contributed by atoms with Crippen LogP contribution in [0.2, 0.25) is 5.28 Å². The predicted octanol–water partition coefficient (Wildman–Crippen LogP) is 0.594. The molecule has 1 saturated heterocycles. The number of fused-ring (bicyclic) bond motifs is 1. The molecule has 1 amide bonds. The molecule has 1 fully saturated rings. The largest absolute Gasteiger partial charge is 0.340 e. The number of hydrogen-bond acceptors (Lipinski definition) is 4. The molecular formula is C12H16ClN4OS+. The van der Waals surface area contributed by atoms with Gasteiger partial charge in [0.2, 0.25) is 17.0 Å². The highest BCUT2D eigenvalue weighted by molar-refractivity contribution is 7.99. The number of amides is 1. The zero-order chi connectivity index (χ0) is 13.4. The number of rotatable bonds is 2. The van der Waals surface area contributed by atoms with E-state index in [9.17, 15) is 4.79 Å². The summed E-state index contributed by atoms with van der Waals surface area (Å²) in [6, 6.07) is 0.360. The van der Waals surface area contributed by atoms with Gasteiger partial charge in [-0.3, -0.25) is 10.1 Å². The fourth-order valence-corrected chi connectivity index (χ4v) is 3.85. The van der Waals surface area contributed by atoms with E-state index in [1.807, 2.05) is 7.05 Å². The van der Waals surface area contributed by atoms with E-state index in [1.165, 1.54) is 4.90 Å². The van der Waals surface area contributed by atoms with Crippen LogP contribution in [0.1, 0.15) is 18.5 Å². The van der Waals surface area contributed by atoms with Gasteiger partial charge in [-0.25, -0.2) is 4.98 Å². The lowest BCUT2D eigenvalue weighted by Crippen LogP contribution is -2.87. The third-order valence-electron chi connectivity index (χ3n) is 3.58. The van der Waals surface area contributed by atoms with Crippen LogP contribution in [0, 0.1) is 0 Å². The van der Waals surface area contributed by atoms with Gasteiger partial charge in [-0.15, -0.1) is 11.8 Å². The Kier molecular flexibility index (Phi) is 3.64. The van der Waals surface area contributed by atoms with Crippen LogP contribution in [-0.2, 0) is 11.2 Å². The number of aryl methyl sites for hydroxylation is 1. The number of halogens is 1. The summed E-state index contributed by atoms with van der Waals surface area (Å²) in [6.45, 7) is 0.764. The molecule has 0 aromatic carbocycles. The second kappa shape index (κ2) is 5.26. The van der Waals surface area contributed by atoms with E-state index in [0.717, 1.165) is 36.7 Å². The summed E-state index contributed by atoms with van der Waals surface area (Å²) in [7, 11) is 1.86. The Morgan fingerprint density at radius 3 is 3.05 bits per heavy atom. The van der Waals surface area contributed by atoms with Crippen molar-refractivity contribution in [2.75, 3.05) is 19.3 Å². The maximum Gasteiger partial charge on any atom is 0.243 e. The van der Waals surface area contributed by atoms with E-state index in [1.54, 1.807) is 16.7 Å². The molecule has 2 aliphatic heterocycles. The van der Waals surface area contributed by atoms with E-state index >= 15 is 0 Å². The molecular weight excluding hydrogens is 284 g/mol. The minimum atomic E-state index is 0.227. The second-order valence-electron chi connectivity index (χ2n) is 4.99. The Bertz CT molecular complexity index is 525. The van der Waals surface area contributed by atoms with Crippen molar-refractivity contribution in [3.63, 3.8) is 0 Å². The van der Waals surface area contributed by atoms with Crippen LogP contribution in [0.4, 0.5) is 5.82 Å². The van der Waals surface area contributed by atoms with Gasteiger partial charge in [-0.05, 0) is 11.6 Å². The number of nitrogens with two attached hydrogens (primary N) is 1. The topological polar surface area (TPSA) is 62.7 Å². The molecule has 0 unspecified atom stereocenters. The molecule has 1 atom stereocenters. The van der Waals surface area contributed by atoms with Crippen LogP contribution in [-0.4, -0.2) is 46.2 Å². The molecule has 0 saturated carbocycles. The van der Waals surface area contributed by atoms with Gasteiger partial charge in [-0.1, -0.05) is 0 Å². The van der Waals surface area contributed by atoms with E-state index in [-0.39, 0.29) is 5.91 Å². The van der Waals surface area contributed by atoms with Gasteiger partial charge in [0.1, 0.15) is 10.9 Å². The van der Waals surface area contributed by atoms with Crippen molar-refractivity contribution in [2.24, 2.45) is 0 Å². The molecule has 7 heteroatoms. The highest BCUT2D eigenvalue weighted by Crippen LogP contribution is 2.34. The van der Waals surface area contributed by atoms with Crippen molar-refractivity contribution in [1.29, 1.82) is 0 Å². The highest BCUT2D eigenvalue weighted by atomic mass is 35.5. The quantitative estimate of drug-likeness (QED) is 0.812. The number of nitrogens with zero attached hydrogens (tertiary/aromatic N) is 3. The van der Waals surface area contributed by atoms with Gasteiger partial charge in [0, 0.05) is 32.1 Å². The van der Waals surface area contributed by atoms with E-state index in [2.05, 4.69) is 15.3 Å². The molecule has 0 spiro atoms. The van der Waals surface area contributed by atoms with E-state index in [4.69, 9.17) is 11.6 Å². The molecule has 2 aliphatic rings. The maximum atomic E-state index is 11.5. The van der Waals surface area contributed by atoms with Crippen molar-refractivity contribution >= 4 is 35.1 Å². The van der Waals surface area contributed by atoms with E-state index in [0.29, 0.717) is 17.7 Å². The summed E-state index contributed by atoms with van der Waals surface area (Å²) in [5.74, 6) is 2.23. The number of likely N-dealkylation sites (N-methyl/N-ethyl adjacent to an activating group) is 1. The normalized spacial score (nSPS) is 22.7. The smallest absolute Gasteiger partial charge is 0.243 e. The number of thioether (sulfide) groups is 1. The fourth-order valence-electron chi connectivity index (χ4n) is 2.58. The molecule has 5 nitrogen and oxygen atoms in total. The number of piperidine rings is 1. The Balaban J connectivity index is 1.79. The molecule has 2 N–H and O–H groups in total. The highest BCUT2D eigenvalue weighted by Gasteiger charge is 2.29. The summed E-state index contributed by atoms with van der Waals surface area (Å²) in [4.78, 5) is 23.1. The van der Waals surface area contributed by atoms with Crippen molar-refractivity contribution in [2.45, 2.75) is 30.2 Å². The van der Waals surface area contributed by atoms with Crippen LogP contribution >= 0.6 is 23.4 Å². The molecule has 0 bridgehead atoms. The van der Waals surface area contributed by atoms with Crippen molar-refractivity contribution in [3.8, 4) is 0 Å². The number of carbonyl (C=O) groups is 1. The first-order valence-corrected chi connectivity index (χ1v) is 7.78. The van der Waals surface area contributed by atoms with Crippen LogP contribution in [0.15, 0.2) is 4.90 Å². The summed E-state index contributed by atoms with van der Waals surface area (Å²) in [5, 5.41) is 2.49. The molecule has 102 valence electrons. The van der Waals surface area contributed by atoms with Gasteiger partial charge in [-0.2, -0.15) is 4.98 Å². The van der Waals surface area contributed by atoms with Gasteiger partial charge in [0.25, 0.3) is 0 Å². The monoisotopic (exact) mass is 299 g/mol. The first kappa shape index (κ1) is 13.1. The SMILES string of the molecule is CN1C[C@@H]([NH2+]c2nc(Cl)nc3c2SCC3)CCC1=O. The molecule has 1 aromatic rings. The van der Waals surface area contributed by atoms with Gasteiger partial charge < -0.3 is 4.90 Å². The summed E-state index contributed by atoms with van der Waals surface area (Å²) in [6.07, 6.45) is 2.47. The van der Waals surface area contributed by atoms with Gasteiger partial charge in [0.15, 0.2) is 0 Å². The molecule has 1 aromatic heterocycles. The third-order valence-corrected chi connectivity index (χ3v) is 4.89. The molecule has 3 heterocycles. The lowest BCUT2D eigenvalue weighted by Gasteiger charge is -2.27. The number of likely N-dealkylation sites (tertiary alicyclic amines) is 1. The average Bonchev–Trinajstić information content (AvgIpc) is 2.82. The summed E-state index contributed by atoms with van der Waals surface area (Å²) < 4.78 is 0. The van der Waals surface area contributed by atoms with Gasteiger partial charge >= 0.3 is 0 Å². The van der Waals surface area contributed by atoms with Crippen LogP contribution in [0.3, 0.4) is 0 Å². The predicted molar refractivity (Wildman–Crippen MR) is 73.7 cm³/mol. The third kappa shape index (κ3) is 2.70. The maximum absolute atomic E-state index is 11.5. The zero-order valence-electron chi connectivity index (χ0n) is 10.7. The van der Waals surface area contributed by atoms with Gasteiger partial charge in [0.05, 0.1) is 12.2 Å². The first-order chi connectivity index (χ1) is 9.13. The minimum Gasteiger partial charge on any atom is -0.340 e. The van der Waals surface area contributed by atoms with Crippen molar-refractivity contribution in [1.82, 2.24) is 14.9 Å². The summed E-state index contributed by atoms with van der Waals surface area (Å²) >= 11 is 7.78. The Morgan fingerprint density at radius 2 is 2.26 bits per heavy atom. The molecule has 0 radical (unpaired) electrons. The standard InChI is InChI=1S/C12H15ClN4OS/c1-17-6-7(2-3-9(17)18)14-11-10-8(4-5-19-10)15-12(13)16-11/h7H,2-6H2,1H3,(H,14,15,16)/p+1/t7-/m0/s1. The Labute approximate surface area is 121 Å². The number of aromatic nitrogens is 2. The number of quaternary nitrogens is 1. The lowest BCUT2D eigenvalue weighted by atomic mass is 10.1. The van der Waals surface area contributed by atoms with Crippen LogP contribution in [0.25, 0.3) is 0 Å². The first-order valence-electron chi connectivity index (χ1n) is 6.41. The lowest BCUT2D eigenvalue weighted by molar-refractivity contribution is -0.617. The van der Waals surface area contributed by atoms with E-state index < -0.39 is 0 Å². The summed E-state index contributed by atoms with van der Waals surface area (Å²) in [5.41, 5.74) is 1.07. The molecule has 3 rings (SSSR count). The van der Waals surface area contributed by atoms with Crippen molar-refractivity contribution in [3.05, 3.63) is 11.0 Å². The molecule has 0 aliphatic carbocycles. The fraction of sp³-hybridized carbons (Fsp3) is 0.583. The minimum absolute atomic E-state index is 0.227. The average molecular weight is 300 g/mol. The van der Waals surface area contributed by atoms with Crippen LogP contribution < -0.4 is 5.32 Å². The number of carbonyl (C=O) groups excluding carboxylic acids is 1. The second-order valence-corrected chi connectivity index (χ2v) is 6.44. The Morgan fingerprint density at radius 1 is 1.42 bits per heavy atom. The molecule has 19 heavy (non-hydrogen) atoms. The van der Waals surface area contributed by atoms with Crippen LogP contribution in [0.5, 0.6) is 0 Å². The van der Waals surface area contributed by atoms with Crippen molar-refractivity contribution < 1.29 is 10.1 Å². The zero-order valence-corrected chi connectivity index (χ0v) is 12.3.